The van der Waals surface area contributed by atoms with Crippen LogP contribution in [0.15, 0.2) is 0 Å². The van der Waals surface area contributed by atoms with Crippen molar-refractivity contribution in [1.82, 2.24) is 4.90 Å². The monoisotopic (exact) mass is 297 g/mol. The molecule has 116 valence electrons. The summed E-state index contributed by atoms with van der Waals surface area (Å²) in [6.45, 7) is 4.99. The Morgan fingerprint density at radius 3 is 2.25 bits per heavy atom. The van der Waals surface area contributed by atoms with Crippen LogP contribution in [-0.4, -0.2) is 52.4 Å². The standard InChI is InChI=1S/C12H18F3NO4/c1-11(2,3)20-8-4-7(5-9(17)18)16(6-8)10(19)12(13,14)15/h7-8H,4-6H2,1-3H3,(H,17,18)/t7-,8+/m0/s1. The summed E-state index contributed by atoms with van der Waals surface area (Å²) >= 11 is 0. The lowest BCUT2D eigenvalue weighted by Crippen LogP contribution is -2.45. The van der Waals surface area contributed by atoms with Crippen molar-refractivity contribution in [3.05, 3.63) is 0 Å². The molecule has 2 atom stereocenters. The second kappa shape index (κ2) is 5.59. The van der Waals surface area contributed by atoms with Gasteiger partial charge in [-0.2, -0.15) is 13.2 Å². The molecule has 1 fully saturated rings. The molecule has 0 aliphatic carbocycles. The topological polar surface area (TPSA) is 66.8 Å². The Balaban J connectivity index is 2.84. The van der Waals surface area contributed by atoms with E-state index in [2.05, 4.69) is 0 Å². The van der Waals surface area contributed by atoms with Gasteiger partial charge in [0.05, 0.1) is 18.1 Å². The van der Waals surface area contributed by atoms with Crippen molar-refractivity contribution in [1.29, 1.82) is 0 Å². The SMILES string of the molecule is CC(C)(C)O[C@@H]1C[C@@H](CC(=O)O)N(C(=O)C(F)(F)F)C1. The lowest BCUT2D eigenvalue weighted by Gasteiger charge is -2.25. The Morgan fingerprint density at radius 2 is 1.85 bits per heavy atom. The third kappa shape index (κ3) is 4.66. The predicted octanol–water partition coefficient (Wildman–Crippen LogP) is 1.81. The van der Waals surface area contributed by atoms with Gasteiger partial charge >= 0.3 is 18.1 Å². The van der Waals surface area contributed by atoms with Crippen LogP contribution in [0.1, 0.15) is 33.6 Å². The largest absolute Gasteiger partial charge is 0.481 e. The number of ether oxygens (including phenoxy) is 1. The summed E-state index contributed by atoms with van der Waals surface area (Å²) in [5, 5.41) is 8.74. The number of nitrogens with zero attached hydrogens (tertiary/aromatic N) is 1. The minimum atomic E-state index is -5.01. The second-order valence-corrected chi connectivity index (χ2v) is 5.79. The highest BCUT2D eigenvalue weighted by atomic mass is 19.4. The van der Waals surface area contributed by atoms with E-state index in [0.717, 1.165) is 0 Å². The number of hydrogen-bond donors (Lipinski definition) is 1. The van der Waals surface area contributed by atoms with E-state index in [1.807, 2.05) is 0 Å². The Kier molecular flexibility index (Phi) is 4.68. The van der Waals surface area contributed by atoms with Gasteiger partial charge in [0.25, 0.3) is 0 Å². The number of rotatable bonds is 3. The fourth-order valence-corrected chi connectivity index (χ4v) is 2.27. The second-order valence-electron chi connectivity index (χ2n) is 5.79. The molecule has 1 aliphatic rings. The summed E-state index contributed by atoms with van der Waals surface area (Å²) < 4.78 is 43.0. The van der Waals surface area contributed by atoms with Gasteiger partial charge in [-0.3, -0.25) is 9.59 Å². The van der Waals surface area contributed by atoms with Crippen LogP contribution in [-0.2, 0) is 14.3 Å². The van der Waals surface area contributed by atoms with Crippen LogP contribution in [0.25, 0.3) is 0 Å². The average molecular weight is 297 g/mol. The molecule has 0 spiro atoms. The Morgan fingerprint density at radius 1 is 1.30 bits per heavy atom. The molecule has 0 radical (unpaired) electrons. The number of halogens is 3. The van der Waals surface area contributed by atoms with Gasteiger partial charge in [-0.05, 0) is 27.2 Å². The number of hydrogen-bond acceptors (Lipinski definition) is 3. The Bertz CT molecular complexity index is 389. The molecule has 0 aromatic rings. The number of aliphatic carboxylic acids is 1. The molecule has 0 bridgehead atoms. The normalized spacial score (nSPS) is 24.0. The van der Waals surface area contributed by atoms with Crippen molar-refractivity contribution < 1.29 is 32.6 Å². The first-order valence-electron chi connectivity index (χ1n) is 6.17. The van der Waals surface area contributed by atoms with Crippen molar-refractivity contribution in [3.8, 4) is 0 Å². The molecule has 0 aromatic carbocycles. The summed E-state index contributed by atoms with van der Waals surface area (Å²) in [5.74, 6) is -3.25. The summed E-state index contributed by atoms with van der Waals surface area (Å²) in [6.07, 6.45) is -6.03. The minimum absolute atomic E-state index is 0.0887. The van der Waals surface area contributed by atoms with Crippen molar-refractivity contribution in [2.75, 3.05) is 6.54 Å². The van der Waals surface area contributed by atoms with Crippen LogP contribution < -0.4 is 0 Å². The van der Waals surface area contributed by atoms with Gasteiger partial charge in [0.15, 0.2) is 0 Å². The summed E-state index contributed by atoms with van der Waals surface area (Å²) in [5.41, 5.74) is -0.574. The highest BCUT2D eigenvalue weighted by Crippen LogP contribution is 2.30. The Labute approximate surface area is 114 Å². The summed E-state index contributed by atoms with van der Waals surface area (Å²) in [7, 11) is 0. The van der Waals surface area contributed by atoms with Gasteiger partial charge in [0.1, 0.15) is 0 Å². The maximum Gasteiger partial charge on any atom is 0.471 e. The van der Waals surface area contributed by atoms with Gasteiger partial charge in [-0.1, -0.05) is 0 Å². The van der Waals surface area contributed by atoms with E-state index < -0.39 is 42.2 Å². The van der Waals surface area contributed by atoms with Gasteiger partial charge in [0.2, 0.25) is 0 Å². The number of alkyl halides is 3. The molecular formula is C12H18F3NO4. The van der Waals surface area contributed by atoms with E-state index in [0.29, 0.717) is 4.90 Å². The lowest BCUT2D eigenvalue weighted by molar-refractivity contribution is -0.187. The molecule has 0 aromatic heterocycles. The van der Waals surface area contributed by atoms with Crippen LogP contribution in [0.3, 0.4) is 0 Å². The molecule has 0 unspecified atom stereocenters. The molecule has 0 saturated carbocycles. The minimum Gasteiger partial charge on any atom is -0.481 e. The van der Waals surface area contributed by atoms with Crippen LogP contribution in [0.4, 0.5) is 13.2 Å². The zero-order valence-corrected chi connectivity index (χ0v) is 11.5. The zero-order valence-electron chi connectivity index (χ0n) is 11.5. The average Bonchev–Trinajstić information content (AvgIpc) is 2.54. The first-order valence-corrected chi connectivity index (χ1v) is 6.17. The van der Waals surface area contributed by atoms with Crippen molar-refractivity contribution in [2.24, 2.45) is 0 Å². The van der Waals surface area contributed by atoms with E-state index in [1.54, 1.807) is 20.8 Å². The van der Waals surface area contributed by atoms with Crippen LogP contribution in [0, 0.1) is 0 Å². The van der Waals surface area contributed by atoms with Crippen molar-refractivity contribution in [2.45, 2.75) is 57.5 Å². The zero-order chi connectivity index (χ0) is 15.7. The first kappa shape index (κ1) is 16.7. The van der Waals surface area contributed by atoms with Crippen LogP contribution in [0.5, 0.6) is 0 Å². The van der Waals surface area contributed by atoms with Crippen molar-refractivity contribution >= 4 is 11.9 Å². The number of carboxylic acid groups (broad SMARTS) is 1. The number of likely N-dealkylation sites (tertiary alicyclic amines) is 1. The molecule has 1 aliphatic heterocycles. The maximum atomic E-state index is 12.5. The molecule has 1 heterocycles. The maximum absolute atomic E-state index is 12.5. The number of carboxylic acids is 1. The highest BCUT2D eigenvalue weighted by molar-refractivity contribution is 5.83. The quantitative estimate of drug-likeness (QED) is 0.862. The number of carbonyl (C=O) groups excluding carboxylic acids is 1. The van der Waals surface area contributed by atoms with Crippen LogP contribution >= 0.6 is 0 Å². The molecule has 1 saturated heterocycles. The van der Waals surface area contributed by atoms with E-state index >= 15 is 0 Å². The van der Waals surface area contributed by atoms with Crippen LogP contribution in [0.2, 0.25) is 0 Å². The van der Waals surface area contributed by atoms with E-state index in [-0.39, 0.29) is 13.0 Å². The smallest absolute Gasteiger partial charge is 0.471 e. The Hall–Kier alpha value is -1.31. The third-order valence-electron chi connectivity index (χ3n) is 2.81. The molecule has 1 amide bonds. The third-order valence-corrected chi connectivity index (χ3v) is 2.81. The molecule has 1 rings (SSSR count). The first-order chi connectivity index (χ1) is 8.90. The van der Waals surface area contributed by atoms with E-state index in [4.69, 9.17) is 9.84 Å². The molecule has 8 heteroatoms. The molecule has 1 N–H and O–H groups in total. The number of carbonyl (C=O) groups is 2. The summed E-state index contributed by atoms with van der Waals surface area (Å²) in [6, 6.07) is -0.992. The fraction of sp³-hybridized carbons (Fsp3) is 0.833. The molecular weight excluding hydrogens is 279 g/mol. The van der Waals surface area contributed by atoms with E-state index in [1.165, 1.54) is 0 Å². The van der Waals surface area contributed by atoms with E-state index in [9.17, 15) is 22.8 Å². The fourth-order valence-electron chi connectivity index (χ4n) is 2.27. The van der Waals surface area contributed by atoms with Gasteiger partial charge in [0, 0.05) is 12.6 Å². The molecule has 5 nitrogen and oxygen atoms in total. The predicted molar refractivity (Wildman–Crippen MR) is 63.1 cm³/mol. The highest BCUT2D eigenvalue weighted by Gasteiger charge is 2.49. The molecule has 20 heavy (non-hydrogen) atoms. The van der Waals surface area contributed by atoms with Gasteiger partial charge in [-0.25, -0.2) is 0 Å². The number of amides is 1. The van der Waals surface area contributed by atoms with Gasteiger partial charge < -0.3 is 14.7 Å². The van der Waals surface area contributed by atoms with Crippen molar-refractivity contribution in [3.63, 3.8) is 0 Å². The van der Waals surface area contributed by atoms with Gasteiger partial charge in [-0.15, -0.1) is 0 Å². The summed E-state index contributed by atoms with van der Waals surface area (Å²) in [4.78, 5) is 22.6. The lowest BCUT2D eigenvalue weighted by atomic mass is 10.1.